The number of nitrogens with zero attached hydrogens (tertiary/aromatic N) is 3. The Morgan fingerprint density at radius 3 is 2.62 bits per heavy atom. The fourth-order valence-electron chi connectivity index (χ4n) is 2.52. The molecule has 1 amide bonds. The standard InChI is InChI=1S/C15H25N5O/c1-9-12(16)18-14(15(3,4)5)19-13(9)20-7-6-11(8-20)17-10(2)21/h11H,6-8H2,1-5H3,(H,17,21)(H2,16,18,19). The molecule has 2 rings (SSSR count). The van der Waals surface area contributed by atoms with E-state index in [1.54, 1.807) is 6.92 Å². The highest BCUT2D eigenvalue weighted by Crippen LogP contribution is 2.29. The van der Waals surface area contributed by atoms with E-state index >= 15 is 0 Å². The molecule has 1 aliphatic rings. The lowest BCUT2D eigenvalue weighted by Crippen LogP contribution is -2.36. The summed E-state index contributed by atoms with van der Waals surface area (Å²) < 4.78 is 0. The van der Waals surface area contributed by atoms with E-state index in [4.69, 9.17) is 10.7 Å². The molecule has 1 aliphatic heterocycles. The van der Waals surface area contributed by atoms with Crippen molar-refractivity contribution in [3.63, 3.8) is 0 Å². The largest absolute Gasteiger partial charge is 0.383 e. The van der Waals surface area contributed by atoms with Gasteiger partial charge >= 0.3 is 0 Å². The van der Waals surface area contributed by atoms with Gasteiger partial charge in [0.25, 0.3) is 0 Å². The van der Waals surface area contributed by atoms with Crippen LogP contribution < -0.4 is 16.0 Å². The molecule has 1 saturated heterocycles. The van der Waals surface area contributed by atoms with Crippen LogP contribution in [-0.2, 0) is 10.2 Å². The molecule has 3 N–H and O–H groups in total. The number of carbonyl (C=O) groups excluding carboxylic acids is 1. The Morgan fingerprint density at radius 2 is 2.05 bits per heavy atom. The minimum Gasteiger partial charge on any atom is -0.383 e. The molecule has 1 atom stereocenters. The maximum atomic E-state index is 11.2. The van der Waals surface area contributed by atoms with Crippen molar-refractivity contribution in [2.75, 3.05) is 23.7 Å². The average Bonchev–Trinajstić information content (AvgIpc) is 2.78. The maximum absolute atomic E-state index is 11.2. The normalized spacial score (nSPS) is 18.9. The Balaban J connectivity index is 2.28. The molecule has 21 heavy (non-hydrogen) atoms. The lowest BCUT2D eigenvalue weighted by Gasteiger charge is -2.24. The van der Waals surface area contributed by atoms with E-state index < -0.39 is 0 Å². The Labute approximate surface area is 126 Å². The molecule has 1 aromatic rings. The van der Waals surface area contributed by atoms with Crippen LogP contribution in [0.25, 0.3) is 0 Å². The zero-order valence-corrected chi connectivity index (χ0v) is 13.5. The summed E-state index contributed by atoms with van der Waals surface area (Å²) in [6.45, 7) is 11.4. The summed E-state index contributed by atoms with van der Waals surface area (Å²) in [5, 5.41) is 2.97. The second-order valence-corrected chi connectivity index (χ2v) is 6.76. The SMILES string of the molecule is CC(=O)NC1CCN(c2nc(C(C)(C)C)nc(N)c2C)C1. The van der Waals surface area contributed by atoms with Crippen LogP contribution in [0.4, 0.5) is 11.6 Å². The van der Waals surface area contributed by atoms with Crippen LogP contribution in [0.2, 0.25) is 0 Å². The molecular formula is C15H25N5O. The monoisotopic (exact) mass is 291 g/mol. The molecule has 0 aromatic carbocycles. The number of amides is 1. The molecule has 1 fully saturated rings. The molecule has 0 spiro atoms. The third-order valence-electron chi connectivity index (χ3n) is 3.72. The summed E-state index contributed by atoms with van der Waals surface area (Å²) in [4.78, 5) is 22.5. The zero-order chi connectivity index (χ0) is 15.8. The number of nitrogen functional groups attached to an aromatic ring is 1. The number of rotatable bonds is 2. The number of hydrogen-bond acceptors (Lipinski definition) is 5. The van der Waals surface area contributed by atoms with Crippen LogP contribution in [0, 0.1) is 6.92 Å². The van der Waals surface area contributed by atoms with Crippen molar-refractivity contribution in [1.82, 2.24) is 15.3 Å². The number of carbonyl (C=O) groups is 1. The molecule has 0 saturated carbocycles. The molecule has 2 heterocycles. The highest BCUT2D eigenvalue weighted by molar-refractivity contribution is 5.73. The second-order valence-electron chi connectivity index (χ2n) is 6.76. The Kier molecular flexibility index (Phi) is 4.07. The van der Waals surface area contributed by atoms with Crippen molar-refractivity contribution >= 4 is 17.5 Å². The van der Waals surface area contributed by atoms with Crippen molar-refractivity contribution in [2.45, 2.75) is 52.5 Å². The van der Waals surface area contributed by atoms with E-state index in [0.29, 0.717) is 5.82 Å². The van der Waals surface area contributed by atoms with Crippen molar-refractivity contribution < 1.29 is 4.79 Å². The molecule has 6 heteroatoms. The molecule has 1 unspecified atom stereocenters. The van der Waals surface area contributed by atoms with E-state index in [9.17, 15) is 4.79 Å². The van der Waals surface area contributed by atoms with Gasteiger partial charge < -0.3 is 16.0 Å². The quantitative estimate of drug-likeness (QED) is 0.860. The van der Waals surface area contributed by atoms with Crippen LogP contribution in [-0.4, -0.2) is 35.0 Å². The lowest BCUT2D eigenvalue weighted by atomic mass is 9.95. The van der Waals surface area contributed by atoms with Gasteiger partial charge in [-0.2, -0.15) is 0 Å². The lowest BCUT2D eigenvalue weighted by molar-refractivity contribution is -0.119. The van der Waals surface area contributed by atoms with Crippen molar-refractivity contribution in [2.24, 2.45) is 0 Å². The summed E-state index contributed by atoms with van der Waals surface area (Å²) in [6.07, 6.45) is 0.924. The maximum Gasteiger partial charge on any atom is 0.217 e. The average molecular weight is 291 g/mol. The van der Waals surface area contributed by atoms with Gasteiger partial charge in [0, 0.05) is 37.0 Å². The molecule has 1 aromatic heterocycles. The first-order valence-corrected chi connectivity index (χ1v) is 7.35. The fraction of sp³-hybridized carbons (Fsp3) is 0.667. The topological polar surface area (TPSA) is 84.1 Å². The van der Waals surface area contributed by atoms with Gasteiger partial charge in [-0.05, 0) is 13.3 Å². The minimum absolute atomic E-state index is 0.0103. The van der Waals surface area contributed by atoms with Gasteiger partial charge in [0.05, 0.1) is 0 Å². The van der Waals surface area contributed by atoms with Crippen LogP contribution in [0.15, 0.2) is 0 Å². The highest BCUT2D eigenvalue weighted by atomic mass is 16.1. The van der Waals surface area contributed by atoms with Gasteiger partial charge in [0.1, 0.15) is 17.5 Å². The first-order valence-electron chi connectivity index (χ1n) is 7.35. The molecular weight excluding hydrogens is 266 g/mol. The third kappa shape index (κ3) is 3.43. The van der Waals surface area contributed by atoms with Gasteiger partial charge in [-0.3, -0.25) is 4.79 Å². The molecule has 6 nitrogen and oxygen atoms in total. The Hall–Kier alpha value is -1.85. The van der Waals surface area contributed by atoms with Crippen LogP contribution in [0.5, 0.6) is 0 Å². The number of aromatic nitrogens is 2. The fourth-order valence-corrected chi connectivity index (χ4v) is 2.52. The van der Waals surface area contributed by atoms with E-state index in [0.717, 1.165) is 36.7 Å². The van der Waals surface area contributed by atoms with E-state index in [-0.39, 0.29) is 17.4 Å². The smallest absolute Gasteiger partial charge is 0.217 e. The molecule has 0 aliphatic carbocycles. The van der Waals surface area contributed by atoms with E-state index in [1.807, 2.05) is 6.92 Å². The number of nitrogens with two attached hydrogens (primary N) is 1. The van der Waals surface area contributed by atoms with Gasteiger partial charge in [0.15, 0.2) is 0 Å². The summed E-state index contributed by atoms with van der Waals surface area (Å²) in [7, 11) is 0. The number of nitrogens with one attached hydrogen (secondary N) is 1. The molecule has 0 bridgehead atoms. The molecule has 0 radical (unpaired) electrons. The van der Waals surface area contributed by atoms with Gasteiger partial charge in [-0.15, -0.1) is 0 Å². The Bertz CT molecular complexity index is 550. The first-order chi connectivity index (χ1) is 9.68. The van der Waals surface area contributed by atoms with Crippen LogP contribution in [0.1, 0.15) is 45.5 Å². The highest BCUT2D eigenvalue weighted by Gasteiger charge is 2.28. The third-order valence-corrected chi connectivity index (χ3v) is 3.72. The molecule has 116 valence electrons. The zero-order valence-electron chi connectivity index (χ0n) is 13.5. The van der Waals surface area contributed by atoms with Gasteiger partial charge in [-0.25, -0.2) is 9.97 Å². The van der Waals surface area contributed by atoms with Crippen LogP contribution in [0.3, 0.4) is 0 Å². The first kappa shape index (κ1) is 15.5. The van der Waals surface area contributed by atoms with E-state index in [2.05, 4.69) is 36.0 Å². The second kappa shape index (κ2) is 5.50. The van der Waals surface area contributed by atoms with Crippen molar-refractivity contribution in [1.29, 1.82) is 0 Å². The summed E-state index contributed by atoms with van der Waals surface area (Å²) >= 11 is 0. The van der Waals surface area contributed by atoms with Gasteiger partial charge in [-0.1, -0.05) is 20.8 Å². The van der Waals surface area contributed by atoms with Crippen LogP contribution >= 0.6 is 0 Å². The van der Waals surface area contributed by atoms with Crippen molar-refractivity contribution in [3.8, 4) is 0 Å². The summed E-state index contributed by atoms with van der Waals surface area (Å²) in [6, 6.07) is 0.177. The Morgan fingerprint density at radius 1 is 1.38 bits per heavy atom. The van der Waals surface area contributed by atoms with Gasteiger partial charge in [0.2, 0.25) is 5.91 Å². The predicted molar refractivity (Wildman–Crippen MR) is 84.3 cm³/mol. The minimum atomic E-state index is -0.146. The summed E-state index contributed by atoms with van der Waals surface area (Å²) in [5.74, 6) is 2.19. The van der Waals surface area contributed by atoms with Crippen molar-refractivity contribution in [3.05, 3.63) is 11.4 Å². The van der Waals surface area contributed by atoms with E-state index in [1.165, 1.54) is 0 Å². The number of hydrogen-bond donors (Lipinski definition) is 2. The predicted octanol–water partition coefficient (Wildman–Crippen LogP) is 1.38. The summed E-state index contributed by atoms with van der Waals surface area (Å²) in [5.41, 5.74) is 6.82. The number of anilines is 2.